The normalized spacial score (nSPS) is 12.6. The number of hydrogen-bond donors (Lipinski definition) is 3. The zero-order valence-corrected chi connectivity index (χ0v) is 20.6. The molecule has 4 rings (SSSR count). The molecule has 0 aliphatic rings. The minimum atomic E-state index is -4.50. The van der Waals surface area contributed by atoms with Crippen LogP contribution in [0.1, 0.15) is 23.1 Å². The second-order valence-electron chi connectivity index (χ2n) is 8.52. The van der Waals surface area contributed by atoms with E-state index in [1.165, 1.54) is 18.3 Å². The second kappa shape index (κ2) is 12.4. The minimum absolute atomic E-state index is 0.0232. The van der Waals surface area contributed by atoms with Gasteiger partial charge in [-0.3, -0.25) is 9.89 Å². The fourth-order valence-electron chi connectivity index (χ4n) is 4.03. The first-order valence-corrected chi connectivity index (χ1v) is 12.0. The van der Waals surface area contributed by atoms with E-state index in [-0.39, 0.29) is 29.0 Å². The third-order valence-electron chi connectivity index (χ3n) is 5.70. The van der Waals surface area contributed by atoms with Crippen molar-refractivity contribution in [1.29, 1.82) is 0 Å². The highest BCUT2D eigenvalue weighted by atomic mass is 19.4. The number of alkyl halides is 3. The molecule has 0 atom stereocenters. The smallest absolute Gasteiger partial charge is 0.393 e. The van der Waals surface area contributed by atoms with Gasteiger partial charge in [0.2, 0.25) is 17.7 Å². The Morgan fingerprint density at radius 2 is 1.82 bits per heavy atom. The Kier molecular flexibility index (Phi) is 8.72. The van der Waals surface area contributed by atoms with Crippen LogP contribution in [0.25, 0.3) is 22.0 Å². The van der Waals surface area contributed by atoms with Crippen molar-refractivity contribution in [2.45, 2.75) is 12.6 Å². The summed E-state index contributed by atoms with van der Waals surface area (Å²) in [5.74, 6) is -0.934. The number of pyridine rings is 1. The van der Waals surface area contributed by atoms with Crippen molar-refractivity contribution in [2.24, 2.45) is 5.73 Å². The molecular formula is C28H25F4N5O2. The van der Waals surface area contributed by atoms with Gasteiger partial charge in [0.05, 0.1) is 17.3 Å². The van der Waals surface area contributed by atoms with Gasteiger partial charge >= 0.3 is 6.18 Å². The molecule has 4 N–H and O–H groups in total. The van der Waals surface area contributed by atoms with Crippen LogP contribution >= 0.6 is 0 Å². The van der Waals surface area contributed by atoms with Gasteiger partial charge in [-0.05, 0) is 46.5 Å². The molecule has 202 valence electrons. The number of aromatic nitrogens is 3. The lowest BCUT2D eigenvalue weighted by atomic mass is 9.88. The third kappa shape index (κ3) is 7.51. The van der Waals surface area contributed by atoms with E-state index in [4.69, 9.17) is 10.5 Å². The van der Waals surface area contributed by atoms with E-state index in [0.717, 1.165) is 0 Å². The molecule has 0 saturated carbocycles. The Morgan fingerprint density at radius 1 is 1.05 bits per heavy atom. The van der Waals surface area contributed by atoms with Crippen molar-refractivity contribution in [3.05, 3.63) is 102 Å². The maximum Gasteiger partial charge on any atom is 0.393 e. The molecule has 0 fully saturated rings. The highest BCUT2D eigenvalue weighted by molar-refractivity contribution is 6.00. The lowest BCUT2D eigenvalue weighted by molar-refractivity contribution is -0.123. The number of primary amides is 1. The zero-order chi connectivity index (χ0) is 27.8. The fourth-order valence-corrected chi connectivity index (χ4v) is 4.03. The molecule has 1 amide bonds. The molecule has 2 aromatic carbocycles. The summed E-state index contributed by atoms with van der Waals surface area (Å²) in [6.07, 6.45) is -1.44. The lowest BCUT2D eigenvalue weighted by Crippen LogP contribution is -2.21. The van der Waals surface area contributed by atoms with Crippen LogP contribution in [0.15, 0.2) is 79.0 Å². The molecule has 0 radical (unpaired) electrons. The summed E-state index contributed by atoms with van der Waals surface area (Å²) in [5.41, 5.74) is 6.84. The molecular weight excluding hydrogens is 514 g/mol. The first-order valence-electron chi connectivity index (χ1n) is 12.0. The van der Waals surface area contributed by atoms with Gasteiger partial charge in [-0.15, -0.1) is 0 Å². The van der Waals surface area contributed by atoms with Gasteiger partial charge in [-0.1, -0.05) is 42.5 Å². The topological polar surface area (TPSA) is 106 Å². The van der Waals surface area contributed by atoms with Crippen LogP contribution in [0, 0.1) is 5.95 Å². The van der Waals surface area contributed by atoms with Gasteiger partial charge in [0.1, 0.15) is 6.61 Å². The van der Waals surface area contributed by atoms with Crippen LogP contribution in [0.5, 0.6) is 5.88 Å². The van der Waals surface area contributed by atoms with Crippen molar-refractivity contribution in [1.82, 2.24) is 20.5 Å². The maximum atomic E-state index is 14.3. The van der Waals surface area contributed by atoms with Gasteiger partial charge in [-0.25, -0.2) is 4.98 Å². The predicted molar refractivity (Wildman–Crippen MR) is 140 cm³/mol. The number of carbonyl (C=O) groups excluding carboxylic acids is 1. The SMILES string of the molecule is NC(=O)C=CCNCCOc1ccc(/C(=C(/CC(F)(F)F)c2ccccc2)c2ccc3n[nH]c(F)c3c2)cn1. The monoisotopic (exact) mass is 539 g/mol. The first-order chi connectivity index (χ1) is 18.7. The third-order valence-corrected chi connectivity index (χ3v) is 5.70. The molecule has 0 unspecified atom stereocenters. The number of benzene rings is 2. The number of fused-ring (bicyclic) bond motifs is 1. The van der Waals surface area contributed by atoms with E-state index in [1.807, 2.05) is 0 Å². The second-order valence-corrected chi connectivity index (χ2v) is 8.52. The Bertz CT molecular complexity index is 1480. The van der Waals surface area contributed by atoms with E-state index in [1.54, 1.807) is 60.7 Å². The molecule has 0 aliphatic heterocycles. The molecule has 2 aromatic heterocycles. The van der Waals surface area contributed by atoms with Crippen molar-refractivity contribution in [3.8, 4) is 5.88 Å². The summed E-state index contributed by atoms with van der Waals surface area (Å²) < 4.78 is 61.4. The van der Waals surface area contributed by atoms with Crippen molar-refractivity contribution in [2.75, 3.05) is 19.7 Å². The summed E-state index contributed by atoms with van der Waals surface area (Å²) in [7, 11) is 0. The molecule has 0 bridgehead atoms. The fraction of sp³-hybridized carbons (Fsp3) is 0.179. The van der Waals surface area contributed by atoms with Gasteiger partial charge in [-0.2, -0.15) is 22.7 Å². The Morgan fingerprint density at radius 3 is 2.51 bits per heavy atom. The number of hydrogen-bond acceptors (Lipinski definition) is 5. The van der Waals surface area contributed by atoms with Crippen molar-refractivity contribution >= 4 is 28.0 Å². The molecule has 39 heavy (non-hydrogen) atoms. The molecule has 0 saturated heterocycles. The lowest BCUT2D eigenvalue weighted by Gasteiger charge is -2.19. The van der Waals surface area contributed by atoms with E-state index >= 15 is 0 Å². The zero-order valence-electron chi connectivity index (χ0n) is 20.6. The average molecular weight is 540 g/mol. The van der Waals surface area contributed by atoms with Crippen LogP contribution in [0.3, 0.4) is 0 Å². The van der Waals surface area contributed by atoms with Gasteiger partial charge in [0.25, 0.3) is 0 Å². The van der Waals surface area contributed by atoms with Gasteiger partial charge < -0.3 is 15.8 Å². The molecule has 0 aliphatic carbocycles. The van der Waals surface area contributed by atoms with Crippen molar-refractivity contribution in [3.63, 3.8) is 0 Å². The first kappa shape index (κ1) is 27.5. The number of carbonyl (C=O) groups is 1. The minimum Gasteiger partial charge on any atom is -0.476 e. The predicted octanol–water partition coefficient (Wildman–Crippen LogP) is 5.02. The number of rotatable bonds is 11. The van der Waals surface area contributed by atoms with Crippen LogP contribution in [0.2, 0.25) is 0 Å². The highest BCUT2D eigenvalue weighted by Gasteiger charge is 2.31. The van der Waals surface area contributed by atoms with E-state index < -0.39 is 24.5 Å². The summed E-state index contributed by atoms with van der Waals surface area (Å²) in [4.78, 5) is 15.0. The van der Waals surface area contributed by atoms with Crippen LogP contribution in [0.4, 0.5) is 17.6 Å². The number of nitrogens with zero attached hydrogens (tertiary/aromatic N) is 2. The van der Waals surface area contributed by atoms with Crippen LogP contribution < -0.4 is 15.8 Å². The van der Waals surface area contributed by atoms with Crippen LogP contribution in [-0.2, 0) is 4.79 Å². The van der Waals surface area contributed by atoms with E-state index in [2.05, 4.69) is 20.5 Å². The van der Waals surface area contributed by atoms with Gasteiger partial charge in [0, 0.05) is 30.9 Å². The molecule has 4 aromatic rings. The molecule has 2 heterocycles. The summed E-state index contributed by atoms with van der Waals surface area (Å²) in [5, 5.41) is 9.33. The summed E-state index contributed by atoms with van der Waals surface area (Å²) in [6, 6.07) is 16.1. The van der Waals surface area contributed by atoms with E-state index in [0.29, 0.717) is 35.3 Å². The van der Waals surface area contributed by atoms with Crippen LogP contribution in [-0.4, -0.2) is 47.0 Å². The number of amides is 1. The average Bonchev–Trinajstić information content (AvgIpc) is 3.28. The Balaban J connectivity index is 1.68. The Hall–Kier alpha value is -4.51. The standard InChI is InChI=1S/C28H25F4N5O2/c29-27-21-15-19(8-10-23(21)36-37-27)26(22(16-28(30,31)32)18-5-2-1-3-6-18)20-9-11-25(35-17-20)39-14-13-34-12-4-7-24(33)38/h1-11,15,17,34H,12-14,16H2,(H2,33,38)(H,36,37)/b7-4?,26-22-. The molecule has 11 heteroatoms. The van der Waals surface area contributed by atoms with Gasteiger partial charge in [0.15, 0.2) is 0 Å². The number of allylic oxidation sites excluding steroid dienone is 1. The number of nitrogens with one attached hydrogen (secondary N) is 2. The largest absolute Gasteiger partial charge is 0.476 e. The number of nitrogens with two attached hydrogens (primary N) is 1. The number of H-pyrrole nitrogens is 1. The summed E-state index contributed by atoms with van der Waals surface area (Å²) >= 11 is 0. The molecule has 7 nitrogen and oxygen atoms in total. The summed E-state index contributed by atoms with van der Waals surface area (Å²) in [6.45, 7) is 1.15. The number of halogens is 4. The maximum absolute atomic E-state index is 14.3. The quantitative estimate of drug-likeness (QED) is 0.107. The highest BCUT2D eigenvalue weighted by Crippen LogP contribution is 2.40. The number of aromatic amines is 1. The molecule has 0 spiro atoms. The Labute approximate surface area is 221 Å². The van der Waals surface area contributed by atoms with E-state index in [9.17, 15) is 22.4 Å². The number of ether oxygens (including phenoxy) is 1. The van der Waals surface area contributed by atoms with Crippen molar-refractivity contribution < 1.29 is 27.1 Å².